The Labute approximate surface area is 158 Å². The van der Waals surface area contributed by atoms with Crippen molar-refractivity contribution in [2.45, 2.75) is 30.8 Å². The second-order valence-electron chi connectivity index (χ2n) is 6.15. The van der Waals surface area contributed by atoms with E-state index in [1.54, 1.807) is 30.3 Å². The highest BCUT2D eigenvalue weighted by Gasteiger charge is 2.21. The predicted molar refractivity (Wildman–Crippen MR) is 99.7 cm³/mol. The quantitative estimate of drug-likeness (QED) is 0.715. The highest BCUT2D eigenvalue weighted by Crippen LogP contribution is 2.34. The molecule has 1 unspecified atom stereocenters. The van der Waals surface area contributed by atoms with Gasteiger partial charge in [-0.1, -0.05) is 19.1 Å². The van der Waals surface area contributed by atoms with Gasteiger partial charge in [-0.2, -0.15) is 0 Å². The minimum absolute atomic E-state index is 0.0808. The number of sulfonamides is 1. The van der Waals surface area contributed by atoms with Gasteiger partial charge in [-0.15, -0.1) is 0 Å². The number of hydrogen-bond donors (Lipinski definition) is 2. The lowest BCUT2D eigenvalue weighted by Gasteiger charge is -2.14. The predicted octanol–water partition coefficient (Wildman–Crippen LogP) is 2.39. The van der Waals surface area contributed by atoms with Crippen molar-refractivity contribution in [2.75, 3.05) is 20.4 Å². The normalized spacial score (nSPS) is 14.2. The first-order valence-corrected chi connectivity index (χ1v) is 10.2. The minimum atomic E-state index is -3.75. The lowest BCUT2D eigenvalue weighted by molar-refractivity contribution is 0.166. The summed E-state index contributed by atoms with van der Waals surface area (Å²) in [6, 6.07) is 10.3. The number of ether oxygens (including phenoxy) is 3. The van der Waals surface area contributed by atoms with Crippen LogP contribution in [0.4, 0.5) is 0 Å². The molecular weight excluding hydrogens is 370 g/mol. The van der Waals surface area contributed by atoms with E-state index >= 15 is 0 Å². The SMILES string of the molecule is CCc1ccc(OC)c(S(=O)(=O)NCCC(O)c2ccc3c(c2)OCO3)c1. The Hall–Kier alpha value is -2.29. The van der Waals surface area contributed by atoms with Gasteiger partial charge in [0.1, 0.15) is 10.6 Å². The van der Waals surface area contributed by atoms with Crippen LogP contribution in [0.2, 0.25) is 0 Å². The fourth-order valence-corrected chi connectivity index (χ4v) is 4.11. The number of aryl methyl sites for hydroxylation is 1. The second kappa shape index (κ2) is 8.16. The van der Waals surface area contributed by atoms with E-state index in [1.807, 2.05) is 13.0 Å². The topological polar surface area (TPSA) is 94.1 Å². The van der Waals surface area contributed by atoms with Crippen LogP contribution in [0.15, 0.2) is 41.3 Å². The molecule has 3 rings (SSSR count). The summed E-state index contributed by atoms with van der Waals surface area (Å²) in [5.74, 6) is 1.50. The summed E-state index contributed by atoms with van der Waals surface area (Å²) in [6.45, 7) is 2.19. The van der Waals surface area contributed by atoms with Crippen LogP contribution in [-0.2, 0) is 16.4 Å². The maximum atomic E-state index is 12.6. The van der Waals surface area contributed by atoms with E-state index in [1.165, 1.54) is 7.11 Å². The molecule has 2 N–H and O–H groups in total. The molecule has 1 aliphatic heterocycles. The molecule has 0 radical (unpaired) electrons. The molecule has 1 heterocycles. The number of methoxy groups -OCH3 is 1. The summed E-state index contributed by atoms with van der Waals surface area (Å²) >= 11 is 0. The number of aliphatic hydroxyl groups excluding tert-OH is 1. The van der Waals surface area contributed by atoms with Crippen molar-refractivity contribution in [3.05, 3.63) is 47.5 Å². The Balaban J connectivity index is 1.65. The standard InChI is InChI=1S/C19H23NO6S/c1-3-13-4-6-17(24-2)19(10-13)27(22,23)20-9-8-15(21)14-5-7-16-18(11-14)26-12-25-16/h4-7,10-11,15,20-21H,3,8-9,12H2,1-2H3. The molecule has 0 saturated carbocycles. The van der Waals surface area contributed by atoms with Crippen molar-refractivity contribution >= 4 is 10.0 Å². The number of hydrogen-bond acceptors (Lipinski definition) is 6. The molecule has 0 amide bonds. The van der Waals surface area contributed by atoms with Crippen LogP contribution in [0.5, 0.6) is 17.2 Å². The van der Waals surface area contributed by atoms with Crippen LogP contribution in [0.1, 0.15) is 30.6 Å². The molecule has 0 aromatic heterocycles. The average Bonchev–Trinajstić information content (AvgIpc) is 3.15. The largest absolute Gasteiger partial charge is 0.495 e. The van der Waals surface area contributed by atoms with E-state index in [2.05, 4.69) is 4.72 Å². The van der Waals surface area contributed by atoms with Gasteiger partial charge in [0.15, 0.2) is 11.5 Å². The summed E-state index contributed by atoms with van der Waals surface area (Å²) in [4.78, 5) is 0.0990. The highest BCUT2D eigenvalue weighted by atomic mass is 32.2. The van der Waals surface area contributed by atoms with Gasteiger partial charge < -0.3 is 19.3 Å². The van der Waals surface area contributed by atoms with Crippen molar-refractivity contribution in [1.82, 2.24) is 4.72 Å². The van der Waals surface area contributed by atoms with Crippen LogP contribution < -0.4 is 18.9 Å². The van der Waals surface area contributed by atoms with Crippen LogP contribution in [0, 0.1) is 0 Å². The van der Waals surface area contributed by atoms with Crippen molar-refractivity contribution in [1.29, 1.82) is 0 Å². The average molecular weight is 393 g/mol. The van der Waals surface area contributed by atoms with E-state index in [-0.39, 0.29) is 30.4 Å². The summed E-state index contributed by atoms with van der Waals surface area (Å²) in [6.07, 6.45) is 0.107. The maximum absolute atomic E-state index is 12.6. The zero-order valence-electron chi connectivity index (χ0n) is 15.3. The molecule has 0 fully saturated rings. The number of benzene rings is 2. The molecule has 1 atom stereocenters. The second-order valence-corrected chi connectivity index (χ2v) is 7.89. The number of aliphatic hydroxyl groups is 1. The zero-order valence-corrected chi connectivity index (χ0v) is 16.1. The molecule has 1 aliphatic rings. The van der Waals surface area contributed by atoms with Crippen LogP contribution >= 0.6 is 0 Å². The van der Waals surface area contributed by atoms with Gasteiger partial charge in [-0.25, -0.2) is 13.1 Å². The van der Waals surface area contributed by atoms with E-state index in [0.29, 0.717) is 17.1 Å². The molecule has 2 aromatic carbocycles. The number of fused-ring (bicyclic) bond motifs is 1. The maximum Gasteiger partial charge on any atom is 0.244 e. The van der Waals surface area contributed by atoms with E-state index in [0.717, 1.165) is 12.0 Å². The third-order valence-electron chi connectivity index (χ3n) is 4.42. The van der Waals surface area contributed by atoms with Gasteiger partial charge in [0.2, 0.25) is 16.8 Å². The third-order valence-corrected chi connectivity index (χ3v) is 5.90. The molecule has 27 heavy (non-hydrogen) atoms. The molecule has 8 heteroatoms. The van der Waals surface area contributed by atoms with Crippen molar-refractivity contribution in [3.8, 4) is 17.2 Å². The van der Waals surface area contributed by atoms with Crippen molar-refractivity contribution < 1.29 is 27.7 Å². The van der Waals surface area contributed by atoms with Crippen molar-refractivity contribution in [2.24, 2.45) is 0 Å². The fraction of sp³-hybridized carbons (Fsp3) is 0.368. The summed E-state index contributed by atoms with van der Waals surface area (Å²) in [7, 11) is -2.32. The van der Waals surface area contributed by atoms with Gasteiger partial charge in [0, 0.05) is 6.54 Å². The molecule has 0 bridgehead atoms. The molecule has 2 aromatic rings. The van der Waals surface area contributed by atoms with E-state index in [4.69, 9.17) is 14.2 Å². The Morgan fingerprint density at radius 2 is 1.96 bits per heavy atom. The summed E-state index contributed by atoms with van der Waals surface area (Å²) in [5, 5.41) is 10.3. The van der Waals surface area contributed by atoms with E-state index in [9.17, 15) is 13.5 Å². The third kappa shape index (κ3) is 4.35. The molecule has 0 saturated heterocycles. The van der Waals surface area contributed by atoms with E-state index < -0.39 is 16.1 Å². The molecule has 0 aliphatic carbocycles. The van der Waals surface area contributed by atoms with Crippen LogP contribution in [0.3, 0.4) is 0 Å². The molecular formula is C19H23NO6S. The highest BCUT2D eigenvalue weighted by molar-refractivity contribution is 7.89. The lowest BCUT2D eigenvalue weighted by Crippen LogP contribution is -2.26. The zero-order chi connectivity index (χ0) is 19.4. The number of nitrogens with one attached hydrogen (secondary N) is 1. The molecule has 146 valence electrons. The first-order chi connectivity index (χ1) is 12.9. The van der Waals surface area contributed by atoms with Gasteiger partial charge in [-0.05, 0) is 48.2 Å². The Kier molecular flexibility index (Phi) is 5.88. The Morgan fingerprint density at radius 3 is 2.70 bits per heavy atom. The monoisotopic (exact) mass is 393 g/mol. The smallest absolute Gasteiger partial charge is 0.244 e. The van der Waals surface area contributed by atoms with Gasteiger partial charge in [-0.3, -0.25) is 0 Å². The van der Waals surface area contributed by atoms with Crippen molar-refractivity contribution in [3.63, 3.8) is 0 Å². The van der Waals surface area contributed by atoms with Gasteiger partial charge in [0.25, 0.3) is 0 Å². The van der Waals surface area contributed by atoms with Crippen LogP contribution in [0.25, 0.3) is 0 Å². The first-order valence-electron chi connectivity index (χ1n) is 8.68. The summed E-state index contributed by atoms with van der Waals surface area (Å²) < 4.78 is 43.5. The molecule has 7 nitrogen and oxygen atoms in total. The first kappa shape index (κ1) is 19.5. The van der Waals surface area contributed by atoms with Gasteiger partial charge in [0.05, 0.1) is 13.2 Å². The molecule has 0 spiro atoms. The fourth-order valence-electron chi connectivity index (χ4n) is 2.85. The Bertz CT molecular complexity index is 912. The van der Waals surface area contributed by atoms with Gasteiger partial charge >= 0.3 is 0 Å². The minimum Gasteiger partial charge on any atom is -0.495 e. The Morgan fingerprint density at radius 1 is 1.19 bits per heavy atom. The number of rotatable bonds is 8. The van der Waals surface area contributed by atoms with Crippen LogP contribution in [-0.4, -0.2) is 34.0 Å². The summed E-state index contributed by atoms with van der Waals surface area (Å²) in [5.41, 5.74) is 1.54. The lowest BCUT2D eigenvalue weighted by atomic mass is 10.1.